The van der Waals surface area contributed by atoms with Crippen LogP contribution >= 0.6 is 0 Å². The fourth-order valence-electron chi connectivity index (χ4n) is 3.15. The number of nitrogens with zero attached hydrogens (tertiary/aromatic N) is 1. The van der Waals surface area contributed by atoms with E-state index in [-0.39, 0.29) is 6.10 Å². The number of fused-ring (bicyclic) bond motifs is 2. The van der Waals surface area contributed by atoms with Crippen LogP contribution in [-0.2, 0) is 0 Å². The lowest BCUT2D eigenvalue weighted by Gasteiger charge is -2.53. The largest absolute Gasteiger partial charge is 0.393 e. The molecule has 2 bridgehead atoms. The lowest BCUT2D eigenvalue weighted by molar-refractivity contribution is -0.0677. The number of aliphatic hydroxyl groups is 1. The van der Waals surface area contributed by atoms with Crippen molar-refractivity contribution in [2.75, 3.05) is 7.05 Å². The smallest absolute Gasteiger partial charge is 0.0570 e. The van der Waals surface area contributed by atoms with Crippen molar-refractivity contribution in [3.63, 3.8) is 0 Å². The Kier molecular flexibility index (Phi) is 2.16. The molecule has 2 nitrogen and oxygen atoms in total. The van der Waals surface area contributed by atoms with Crippen LogP contribution in [0.2, 0.25) is 0 Å². The molecule has 2 aliphatic heterocycles. The molecule has 2 unspecified atom stereocenters. The zero-order valence-electron chi connectivity index (χ0n) is 8.95. The first-order chi connectivity index (χ1) is 6.00. The first-order valence-corrected chi connectivity index (χ1v) is 5.41. The molecule has 2 heterocycles. The molecule has 0 aromatic rings. The van der Waals surface area contributed by atoms with E-state index >= 15 is 0 Å². The van der Waals surface area contributed by atoms with Crippen molar-refractivity contribution in [2.45, 2.75) is 57.7 Å². The maximum atomic E-state index is 9.74. The predicted molar refractivity (Wildman–Crippen MR) is 53.6 cm³/mol. The van der Waals surface area contributed by atoms with Gasteiger partial charge in [-0.25, -0.2) is 0 Å². The van der Waals surface area contributed by atoms with Gasteiger partial charge in [0.1, 0.15) is 0 Å². The number of aliphatic hydroxyl groups excluding tert-OH is 1. The van der Waals surface area contributed by atoms with E-state index in [0.29, 0.717) is 17.5 Å². The molecule has 2 fully saturated rings. The molecule has 0 radical (unpaired) electrons. The molecule has 0 saturated carbocycles. The standard InChI is InChI=1S/C11H21NO/c1-11(2)5-4-8-6-9(13)7-10(11)12(8)3/h8-10,13H,4-7H2,1-3H3/t8?,9-,10?/m1/s1. The lowest BCUT2D eigenvalue weighted by atomic mass is 9.68. The summed E-state index contributed by atoms with van der Waals surface area (Å²) in [6, 6.07) is 1.23. The molecule has 2 heteroatoms. The van der Waals surface area contributed by atoms with Gasteiger partial charge < -0.3 is 5.11 Å². The fraction of sp³-hybridized carbons (Fsp3) is 1.00. The second kappa shape index (κ2) is 2.96. The second-order valence-electron chi connectivity index (χ2n) is 5.49. The Morgan fingerprint density at radius 3 is 2.69 bits per heavy atom. The molecule has 1 N–H and O–H groups in total. The van der Waals surface area contributed by atoms with Gasteiger partial charge in [-0.15, -0.1) is 0 Å². The summed E-state index contributed by atoms with van der Waals surface area (Å²) in [5.74, 6) is 0. The molecule has 0 spiro atoms. The summed E-state index contributed by atoms with van der Waals surface area (Å²) in [7, 11) is 2.22. The van der Waals surface area contributed by atoms with E-state index in [1.165, 1.54) is 12.8 Å². The summed E-state index contributed by atoms with van der Waals surface area (Å²) in [4.78, 5) is 2.50. The van der Waals surface area contributed by atoms with Crippen molar-refractivity contribution < 1.29 is 5.11 Å². The topological polar surface area (TPSA) is 23.5 Å². The highest BCUT2D eigenvalue weighted by Gasteiger charge is 2.44. The molecule has 76 valence electrons. The van der Waals surface area contributed by atoms with Crippen LogP contribution in [0.3, 0.4) is 0 Å². The Hall–Kier alpha value is -0.0800. The van der Waals surface area contributed by atoms with Crippen LogP contribution in [0.5, 0.6) is 0 Å². The van der Waals surface area contributed by atoms with E-state index in [4.69, 9.17) is 0 Å². The van der Waals surface area contributed by atoms with Gasteiger partial charge >= 0.3 is 0 Å². The SMILES string of the molecule is CN1C2CCC(C)(C)C1C[C@H](O)C2. The Morgan fingerprint density at radius 2 is 2.00 bits per heavy atom. The Morgan fingerprint density at radius 1 is 1.31 bits per heavy atom. The molecule has 13 heavy (non-hydrogen) atoms. The normalized spacial score (nSPS) is 44.8. The molecule has 0 aliphatic carbocycles. The molecular weight excluding hydrogens is 162 g/mol. The van der Waals surface area contributed by atoms with Gasteiger partial charge in [-0.2, -0.15) is 0 Å². The number of rotatable bonds is 0. The van der Waals surface area contributed by atoms with Crippen LogP contribution in [0.4, 0.5) is 0 Å². The van der Waals surface area contributed by atoms with Crippen LogP contribution in [-0.4, -0.2) is 35.2 Å². The minimum Gasteiger partial charge on any atom is -0.393 e. The molecule has 2 rings (SSSR count). The Balaban J connectivity index is 2.19. The Bertz CT molecular complexity index is 202. The van der Waals surface area contributed by atoms with Crippen molar-refractivity contribution in [1.82, 2.24) is 4.90 Å². The van der Waals surface area contributed by atoms with E-state index < -0.39 is 0 Å². The maximum Gasteiger partial charge on any atom is 0.0570 e. The average molecular weight is 183 g/mol. The first-order valence-electron chi connectivity index (χ1n) is 5.41. The molecule has 2 aliphatic rings. The van der Waals surface area contributed by atoms with Gasteiger partial charge in [-0.1, -0.05) is 13.8 Å². The van der Waals surface area contributed by atoms with Gasteiger partial charge in [0.25, 0.3) is 0 Å². The summed E-state index contributed by atoms with van der Waals surface area (Å²) in [6.45, 7) is 4.67. The summed E-state index contributed by atoms with van der Waals surface area (Å²) in [5, 5.41) is 9.74. The van der Waals surface area contributed by atoms with E-state index in [2.05, 4.69) is 25.8 Å². The third kappa shape index (κ3) is 1.50. The third-order valence-corrected chi connectivity index (χ3v) is 4.13. The van der Waals surface area contributed by atoms with Crippen LogP contribution in [0.1, 0.15) is 39.5 Å². The van der Waals surface area contributed by atoms with E-state index in [0.717, 1.165) is 12.8 Å². The van der Waals surface area contributed by atoms with E-state index in [1.54, 1.807) is 0 Å². The zero-order chi connectivity index (χ0) is 9.64. The minimum absolute atomic E-state index is 0.0502. The Labute approximate surface area is 80.9 Å². The third-order valence-electron chi connectivity index (χ3n) is 4.13. The van der Waals surface area contributed by atoms with E-state index in [9.17, 15) is 5.11 Å². The molecule has 0 aromatic heterocycles. The number of hydrogen-bond acceptors (Lipinski definition) is 2. The van der Waals surface area contributed by atoms with Crippen molar-refractivity contribution in [1.29, 1.82) is 0 Å². The summed E-state index contributed by atoms with van der Waals surface area (Å²) >= 11 is 0. The summed E-state index contributed by atoms with van der Waals surface area (Å²) < 4.78 is 0. The average Bonchev–Trinajstić information content (AvgIpc) is 2.03. The lowest BCUT2D eigenvalue weighted by Crippen LogP contribution is -2.58. The van der Waals surface area contributed by atoms with Gasteiger partial charge in [-0.05, 0) is 38.1 Å². The predicted octanol–water partition coefficient (Wildman–Crippen LogP) is 1.63. The van der Waals surface area contributed by atoms with Crippen LogP contribution in [0, 0.1) is 5.41 Å². The van der Waals surface area contributed by atoms with Gasteiger partial charge in [0.15, 0.2) is 0 Å². The van der Waals surface area contributed by atoms with Gasteiger partial charge in [-0.3, -0.25) is 4.90 Å². The minimum atomic E-state index is -0.0502. The summed E-state index contributed by atoms with van der Waals surface area (Å²) in [5.41, 5.74) is 0.395. The van der Waals surface area contributed by atoms with Gasteiger partial charge in [0.2, 0.25) is 0 Å². The molecule has 0 amide bonds. The van der Waals surface area contributed by atoms with Gasteiger partial charge in [0, 0.05) is 12.1 Å². The fourth-order valence-corrected chi connectivity index (χ4v) is 3.15. The van der Waals surface area contributed by atoms with Crippen LogP contribution < -0.4 is 0 Å². The highest BCUT2D eigenvalue weighted by molar-refractivity contribution is 4.99. The van der Waals surface area contributed by atoms with Crippen molar-refractivity contribution in [2.24, 2.45) is 5.41 Å². The monoisotopic (exact) mass is 183 g/mol. The highest BCUT2D eigenvalue weighted by atomic mass is 16.3. The molecular formula is C11H21NO. The van der Waals surface area contributed by atoms with Gasteiger partial charge in [0.05, 0.1) is 6.10 Å². The van der Waals surface area contributed by atoms with Crippen molar-refractivity contribution in [3.8, 4) is 0 Å². The van der Waals surface area contributed by atoms with Crippen LogP contribution in [0.15, 0.2) is 0 Å². The second-order valence-corrected chi connectivity index (χ2v) is 5.49. The molecule has 2 saturated heterocycles. The quantitative estimate of drug-likeness (QED) is 0.617. The van der Waals surface area contributed by atoms with Crippen molar-refractivity contribution in [3.05, 3.63) is 0 Å². The first kappa shape index (κ1) is 9.47. The summed E-state index contributed by atoms with van der Waals surface area (Å²) in [6.07, 6.45) is 4.49. The van der Waals surface area contributed by atoms with E-state index in [1.807, 2.05) is 0 Å². The van der Waals surface area contributed by atoms with Crippen LogP contribution in [0.25, 0.3) is 0 Å². The zero-order valence-corrected chi connectivity index (χ0v) is 8.95. The highest BCUT2D eigenvalue weighted by Crippen LogP contribution is 2.43. The number of piperidine rings is 2. The molecule has 0 aromatic carbocycles. The maximum absolute atomic E-state index is 9.74. The molecule has 3 atom stereocenters. The van der Waals surface area contributed by atoms with Crippen molar-refractivity contribution >= 4 is 0 Å². The number of hydrogen-bond donors (Lipinski definition) is 1.